The van der Waals surface area contributed by atoms with Gasteiger partial charge in [0.1, 0.15) is 5.78 Å². The van der Waals surface area contributed by atoms with E-state index in [0.717, 1.165) is 43.4 Å². The Morgan fingerprint density at radius 2 is 2.16 bits per heavy atom. The van der Waals surface area contributed by atoms with Crippen molar-refractivity contribution < 1.29 is 9.59 Å². The second kappa shape index (κ2) is 5.08. The summed E-state index contributed by atoms with van der Waals surface area (Å²) in [4.78, 5) is 26.5. The van der Waals surface area contributed by atoms with Crippen LogP contribution in [0.2, 0.25) is 0 Å². The number of Topliss-reactive ketones (excluding diaryl/α,β-unsaturated/α-hetero) is 1. The Labute approximate surface area is 117 Å². The molecule has 2 fully saturated rings. The molecule has 0 N–H and O–H groups in total. The summed E-state index contributed by atoms with van der Waals surface area (Å²) in [5, 5.41) is 3.95. The van der Waals surface area contributed by atoms with E-state index in [0.29, 0.717) is 12.2 Å². The average molecular weight is 277 g/mol. The van der Waals surface area contributed by atoms with Gasteiger partial charge >= 0.3 is 0 Å². The normalized spacial score (nSPS) is 27.2. The molecule has 2 heterocycles. The quantitative estimate of drug-likeness (QED) is 0.833. The van der Waals surface area contributed by atoms with Gasteiger partial charge < -0.3 is 4.90 Å². The monoisotopic (exact) mass is 277 g/mol. The van der Waals surface area contributed by atoms with Crippen molar-refractivity contribution in [2.45, 2.75) is 45.1 Å². The van der Waals surface area contributed by atoms with Crippen molar-refractivity contribution in [1.29, 1.82) is 0 Å². The predicted octanol–water partition coefficient (Wildman–Crippen LogP) is 3.03. The SMILES string of the molecule is Cc1cscc1C(=O)N1CCCC1C1CCCC1=O. The molecule has 0 radical (unpaired) electrons. The number of rotatable bonds is 2. The van der Waals surface area contributed by atoms with E-state index in [9.17, 15) is 9.59 Å². The van der Waals surface area contributed by atoms with Crippen LogP contribution in [0, 0.1) is 12.8 Å². The van der Waals surface area contributed by atoms with Crippen LogP contribution in [0.3, 0.4) is 0 Å². The van der Waals surface area contributed by atoms with Crippen LogP contribution < -0.4 is 0 Å². The molecule has 2 aliphatic rings. The first-order valence-corrected chi connectivity index (χ1v) is 7.99. The Bertz CT molecular complexity index is 508. The molecular formula is C15H19NO2S. The van der Waals surface area contributed by atoms with Gasteiger partial charge in [0.05, 0.1) is 5.56 Å². The molecular weight excluding hydrogens is 258 g/mol. The molecule has 1 aliphatic carbocycles. The van der Waals surface area contributed by atoms with E-state index in [4.69, 9.17) is 0 Å². The molecule has 0 spiro atoms. The highest BCUT2D eigenvalue weighted by molar-refractivity contribution is 7.08. The largest absolute Gasteiger partial charge is 0.335 e. The van der Waals surface area contributed by atoms with Gasteiger partial charge in [0.25, 0.3) is 5.91 Å². The average Bonchev–Trinajstić information content (AvgIpc) is 3.07. The van der Waals surface area contributed by atoms with Gasteiger partial charge in [-0.05, 0) is 43.6 Å². The number of hydrogen-bond donors (Lipinski definition) is 0. The third-order valence-electron chi connectivity index (χ3n) is 4.46. The minimum atomic E-state index is 0.102. The Balaban J connectivity index is 1.81. The lowest BCUT2D eigenvalue weighted by atomic mass is 9.94. The van der Waals surface area contributed by atoms with Crippen LogP contribution in [0.1, 0.15) is 48.0 Å². The molecule has 0 bridgehead atoms. The summed E-state index contributed by atoms with van der Waals surface area (Å²) >= 11 is 1.57. The molecule has 0 aromatic carbocycles. The van der Waals surface area contributed by atoms with Gasteiger partial charge in [-0.1, -0.05) is 0 Å². The third-order valence-corrected chi connectivity index (χ3v) is 5.32. The molecule has 19 heavy (non-hydrogen) atoms. The first-order valence-electron chi connectivity index (χ1n) is 7.05. The van der Waals surface area contributed by atoms with Crippen LogP contribution in [0.4, 0.5) is 0 Å². The predicted molar refractivity (Wildman–Crippen MR) is 75.5 cm³/mol. The minimum Gasteiger partial charge on any atom is -0.335 e. The molecule has 1 amide bonds. The van der Waals surface area contributed by atoms with Crippen molar-refractivity contribution in [2.75, 3.05) is 6.54 Å². The summed E-state index contributed by atoms with van der Waals surface area (Å²) < 4.78 is 0. The van der Waals surface area contributed by atoms with Gasteiger partial charge in [-0.3, -0.25) is 9.59 Å². The lowest BCUT2D eigenvalue weighted by Crippen LogP contribution is -2.41. The second-order valence-corrected chi connectivity index (χ2v) is 6.39. The molecule has 102 valence electrons. The van der Waals surface area contributed by atoms with Crippen LogP contribution in [-0.4, -0.2) is 29.2 Å². The summed E-state index contributed by atoms with van der Waals surface area (Å²) in [6, 6.07) is 0.154. The standard InChI is InChI=1S/C15H19NO2S/c1-10-8-19-9-12(10)15(18)16-7-3-5-13(16)11-4-2-6-14(11)17/h8-9,11,13H,2-7H2,1H3. The van der Waals surface area contributed by atoms with Crippen molar-refractivity contribution in [2.24, 2.45) is 5.92 Å². The van der Waals surface area contributed by atoms with E-state index in [2.05, 4.69) is 0 Å². The van der Waals surface area contributed by atoms with Crippen molar-refractivity contribution >= 4 is 23.0 Å². The van der Waals surface area contributed by atoms with Crippen LogP contribution in [0.25, 0.3) is 0 Å². The van der Waals surface area contributed by atoms with Crippen molar-refractivity contribution in [3.05, 3.63) is 21.9 Å². The van der Waals surface area contributed by atoms with E-state index in [1.54, 1.807) is 11.3 Å². The molecule has 3 nitrogen and oxygen atoms in total. The van der Waals surface area contributed by atoms with Crippen LogP contribution >= 0.6 is 11.3 Å². The number of ketones is 1. The molecule has 1 aliphatic heterocycles. The molecule has 1 saturated carbocycles. The molecule has 2 atom stereocenters. The summed E-state index contributed by atoms with van der Waals surface area (Å²) in [5.41, 5.74) is 1.88. The molecule has 4 heteroatoms. The van der Waals surface area contributed by atoms with Crippen molar-refractivity contribution in [1.82, 2.24) is 4.90 Å². The Hall–Kier alpha value is -1.16. The fourth-order valence-electron chi connectivity index (χ4n) is 3.45. The minimum absolute atomic E-state index is 0.102. The van der Waals surface area contributed by atoms with E-state index >= 15 is 0 Å². The molecule has 3 rings (SSSR count). The smallest absolute Gasteiger partial charge is 0.255 e. The number of carbonyl (C=O) groups is 2. The summed E-state index contributed by atoms with van der Waals surface area (Å²) in [6.45, 7) is 2.79. The summed E-state index contributed by atoms with van der Waals surface area (Å²) in [7, 11) is 0. The van der Waals surface area contributed by atoms with Gasteiger partial charge in [-0.25, -0.2) is 0 Å². The highest BCUT2D eigenvalue weighted by Gasteiger charge is 2.40. The zero-order valence-electron chi connectivity index (χ0n) is 11.2. The van der Waals surface area contributed by atoms with E-state index in [1.807, 2.05) is 22.6 Å². The maximum absolute atomic E-state index is 12.6. The lowest BCUT2D eigenvalue weighted by Gasteiger charge is -2.28. The maximum Gasteiger partial charge on any atom is 0.255 e. The fraction of sp³-hybridized carbons (Fsp3) is 0.600. The number of likely N-dealkylation sites (tertiary alicyclic amines) is 1. The highest BCUT2D eigenvalue weighted by atomic mass is 32.1. The van der Waals surface area contributed by atoms with Gasteiger partial charge in [0, 0.05) is 30.3 Å². The Morgan fingerprint density at radius 1 is 1.32 bits per heavy atom. The fourth-order valence-corrected chi connectivity index (χ4v) is 4.27. The molecule has 1 aromatic rings. The van der Waals surface area contributed by atoms with Gasteiger partial charge in [-0.15, -0.1) is 0 Å². The topological polar surface area (TPSA) is 37.4 Å². The van der Waals surface area contributed by atoms with E-state index < -0.39 is 0 Å². The number of nitrogens with zero attached hydrogens (tertiary/aromatic N) is 1. The first kappa shape index (κ1) is 12.9. The molecule has 1 aromatic heterocycles. The second-order valence-electron chi connectivity index (χ2n) is 5.64. The summed E-state index contributed by atoms with van der Waals surface area (Å²) in [5.74, 6) is 0.595. The number of thiophene rings is 1. The Kier molecular flexibility index (Phi) is 3.44. The van der Waals surface area contributed by atoms with Crippen molar-refractivity contribution in [3.63, 3.8) is 0 Å². The maximum atomic E-state index is 12.6. The number of aryl methyl sites for hydroxylation is 1. The van der Waals surface area contributed by atoms with Gasteiger partial charge in [0.15, 0.2) is 0 Å². The van der Waals surface area contributed by atoms with Gasteiger partial charge in [-0.2, -0.15) is 11.3 Å². The van der Waals surface area contributed by atoms with E-state index in [1.165, 1.54) is 0 Å². The third kappa shape index (κ3) is 2.22. The molecule has 2 unspecified atom stereocenters. The van der Waals surface area contributed by atoms with Crippen molar-refractivity contribution in [3.8, 4) is 0 Å². The van der Waals surface area contributed by atoms with Gasteiger partial charge in [0.2, 0.25) is 0 Å². The lowest BCUT2D eigenvalue weighted by molar-refractivity contribution is -0.121. The highest BCUT2D eigenvalue weighted by Crippen LogP contribution is 2.34. The summed E-state index contributed by atoms with van der Waals surface area (Å²) in [6.07, 6.45) is 4.70. The first-order chi connectivity index (χ1) is 9.18. The van der Waals surface area contributed by atoms with E-state index in [-0.39, 0.29) is 17.9 Å². The Morgan fingerprint density at radius 3 is 2.79 bits per heavy atom. The van der Waals surface area contributed by atoms with Crippen LogP contribution in [-0.2, 0) is 4.79 Å². The number of carbonyl (C=O) groups excluding carboxylic acids is 2. The zero-order chi connectivity index (χ0) is 13.4. The van der Waals surface area contributed by atoms with Crippen LogP contribution in [0.5, 0.6) is 0 Å². The number of amides is 1. The number of hydrogen-bond acceptors (Lipinski definition) is 3. The zero-order valence-corrected chi connectivity index (χ0v) is 12.0. The molecule has 1 saturated heterocycles. The van der Waals surface area contributed by atoms with Crippen LogP contribution in [0.15, 0.2) is 10.8 Å².